The van der Waals surface area contributed by atoms with Gasteiger partial charge in [0.2, 0.25) is 0 Å². The van der Waals surface area contributed by atoms with Gasteiger partial charge in [-0.1, -0.05) is 51.4 Å². The molecule has 0 rings (SSSR count). The summed E-state index contributed by atoms with van der Waals surface area (Å²) in [4.78, 5) is 0. The number of nitrogens with one attached hydrogen (secondary N) is 2. The van der Waals surface area contributed by atoms with E-state index in [1.165, 1.54) is 38.5 Å². The molecule has 0 aromatic carbocycles. The third-order valence-electron chi connectivity index (χ3n) is 3.27. The molecule has 0 aliphatic rings. The minimum absolute atomic E-state index is 0.132. The van der Waals surface area contributed by atoms with E-state index in [0.717, 1.165) is 25.7 Å². The van der Waals surface area contributed by atoms with Gasteiger partial charge in [-0.25, -0.2) is 0 Å². The number of nitrogens with zero attached hydrogens (tertiary/aromatic N) is 2. The van der Waals surface area contributed by atoms with Crippen molar-refractivity contribution in [1.82, 2.24) is 5.32 Å². The molecule has 1 atom stereocenters. The van der Waals surface area contributed by atoms with Gasteiger partial charge in [0.15, 0.2) is 5.96 Å². The summed E-state index contributed by atoms with van der Waals surface area (Å²) in [7, 11) is 0. The van der Waals surface area contributed by atoms with Crippen molar-refractivity contribution in [3.05, 3.63) is 0 Å². The molecule has 0 saturated carbocycles. The van der Waals surface area contributed by atoms with E-state index in [2.05, 4.69) is 17.5 Å². The Bertz CT molecular complexity index is 326. The first-order chi connectivity index (χ1) is 9.70. The van der Waals surface area contributed by atoms with Crippen molar-refractivity contribution in [2.24, 2.45) is 5.73 Å². The molecular formula is C15H27N5. The van der Waals surface area contributed by atoms with Gasteiger partial charge in [-0.05, 0) is 12.8 Å². The molecule has 5 heteroatoms. The fraction of sp³-hybridized carbons (Fsp3) is 0.800. The lowest BCUT2D eigenvalue weighted by Crippen LogP contribution is -2.38. The summed E-state index contributed by atoms with van der Waals surface area (Å²) in [5.74, 6) is -0.132. The highest BCUT2D eigenvalue weighted by atomic mass is 15.1. The molecule has 0 aliphatic carbocycles. The van der Waals surface area contributed by atoms with Crippen molar-refractivity contribution in [2.45, 2.75) is 76.7 Å². The van der Waals surface area contributed by atoms with Crippen molar-refractivity contribution in [2.75, 3.05) is 0 Å². The van der Waals surface area contributed by atoms with Crippen LogP contribution in [0, 0.1) is 28.1 Å². The van der Waals surface area contributed by atoms with Crippen LogP contribution in [0.1, 0.15) is 70.6 Å². The quantitative estimate of drug-likeness (QED) is 0.289. The van der Waals surface area contributed by atoms with E-state index in [9.17, 15) is 0 Å². The topological polar surface area (TPSA) is 109 Å². The summed E-state index contributed by atoms with van der Waals surface area (Å²) in [6, 6.07) is 3.96. The minimum Gasteiger partial charge on any atom is -0.370 e. The van der Waals surface area contributed by atoms with Gasteiger partial charge in [-0.15, -0.1) is 0 Å². The zero-order valence-electron chi connectivity index (χ0n) is 12.3. The predicted molar refractivity (Wildman–Crippen MR) is 80.9 cm³/mol. The highest BCUT2D eigenvalue weighted by Crippen LogP contribution is 2.11. The largest absolute Gasteiger partial charge is 0.370 e. The molecule has 0 heterocycles. The summed E-state index contributed by atoms with van der Waals surface area (Å²) in [6.45, 7) is 0. The number of nitriles is 2. The molecule has 0 aliphatic heterocycles. The molecular weight excluding hydrogens is 250 g/mol. The molecule has 0 radical (unpaired) electrons. The molecule has 1 unspecified atom stereocenters. The zero-order chi connectivity index (χ0) is 15.1. The van der Waals surface area contributed by atoms with Crippen LogP contribution >= 0.6 is 0 Å². The summed E-state index contributed by atoms with van der Waals surface area (Å²) in [5, 5.41) is 27.0. The Balaban J connectivity index is 3.26. The van der Waals surface area contributed by atoms with Crippen molar-refractivity contribution in [1.29, 1.82) is 15.9 Å². The number of rotatable bonds is 12. The SMILES string of the molecule is N#CCCCCCCCCCCCC(C#N)NC(=N)N. The van der Waals surface area contributed by atoms with Gasteiger partial charge < -0.3 is 11.1 Å². The number of nitrogens with two attached hydrogens (primary N) is 1. The highest BCUT2D eigenvalue weighted by Gasteiger charge is 2.06. The van der Waals surface area contributed by atoms with E-state index in [0.29, 0.717) is 6.42 Å². The van der Waals surface area contributed by atoms with Crippen LogP contribution < -0.4 is 11.1 Å². The van der Waals surface area contributed by atoms with Crippen LogP contribution in [0.25, 0.3) is 0 Å². The van der Waals surface area contributed by atoms with E-state index in [4.69, 9.17) is 21.7 Å². The van der Waals surface area contributed by atoms with E-state index in [1.54, 1.807) is 0 Å². The minimum atomic E-state index is -0.326. The first kappa shape index (κ1) is 18.2. The summed E-state index contributed by atoms with van der Waals surface area (Å²) >= 11 is 0. The van der Waals surface area contributed by atoms with Crippen molar-refractivity contribution in [3.63, 3.8) is 0 Å². The lowest BCUT2D eigenvalue weighted by molar-refractivity contribution is 0.537. The Kier molecular flexibility index (Phi) is 12.5. The Labute approximate surface area is 122 Å². The molecule has 0 fully saturated rings. The van der Waals surface area contributed by atoms with Gasteiger partial charge in [-0.3, -0.25) is 5.41 Å². The van der Waals surface area contributed by atoms with Crippen molar-refractivity contribution in [3.8, 4) is 12.1 Å². The maximum atomic E-state index is 8.85. The van der Waals surface area contributed by atoms with Gasteiger partial charge in [0.05, 0.1) is 12.1 Å². The maximum Gasteiger partial charge on any atom is 0.186 e. The maximum absolute atomic E-state index is 8.85. The second-order valence-corrected chi connectivity index (χ2v) is 5.12. The van der Waals surface area contributed by atoms with Crippen molar-refractivity contribution >= 4 is 5.96 Å². The van der Waals surface area contributed by atoms with E-state index >= 15 is 0 Å². The van der Waals surface area contributed by atoms with Crippen LogP contribution in [-0.2, 0) is 0 Å². The molecule has 4 N–H and O–H groups in total. The average molecular weight is 277 g/mol. The third-order valence-corrected chi connectivity index (χ3v) is 3.27. The zero-order valence-corrected chi connectivity index (χ0v) is 12.3. The van der Waals surface area contributed by atoms with E-state index < -0.39 is 0 Å². The molecule has 112 valence electrons. The van der Waals surface area contributed by atoms with Crippen LogP contribution in [-0.4, -0.2) is 12.0 Å². The van der Waals surface area contributed by atoms with Crippen LogP contribution in [0.5, 0.6) is 0 Å². The van der Waals surface area contributed by atoms with Crippen LogP contribution in [0.15, 0.2) is 0 Å². The molecule has 0 aromatic rings. The molecule has 0 aromatic heterocycles. The first-order valence-electron chi connectivity index (χ1n) is 7.58. The summed E-state index contributed by atoms with van der Waals surface area (Å²) in [6.07, 6.45) is 12.0. The van der Waals surface area contributed by atoms with Crippen LogP contribution in [0.2, 0.25) is 0 Å². The van der Waals surface area contributed by atoms with Gasteiger partial charge in [0.1, 0.15) is 6.04 Å². The van der Waals surface area contributed by atoms with Crippen molar-refractivity contribution < 1.29 is 0 Å². The summed E-state index contributed by atoms with van der Waals surface area (Å²) in [5.41, 5.74) is 5.20. The lowest BCUT2D eigenvalue weighted by atomic mass is 10.0. The Morgan fingerprint density at radius 2 is 1.45 bits per heavy atom. The van der Waals surface area contributed by atoms with Gasteiger partial charge >= 0.3 is 0 Å². The average Bonchev–Trinajstić information content (AvgIpc) is 2.43. The van der Waals surface area contributed by atoms with E-state index in [-0.39, 0.29) is 12.0 Å². The standard InChI is InChI=1S/C15H27N5/c16-12-10-8-6-4-2-1-3-5-7-9-11-14(13-17)20-15(18)19/h14H,1-11H2,(H4,18,19,20). The monoisotopic (exact) mass is 277 g/mol. The molecule has 5 nitrogen and oxygen atoms in total. The number of hydrogen-bond acceptors (Lipinski definition) is 3. The van der Waals surface area contributed by atoms with E-state index in [1.807, 2.05) is 0 Å². The molecule has 0 amide bonds. The second kappa shape index (κ2) is 13.7. The molecule has 20 heavy (non-hydrogen) atoms. The van der Waals surface area contributed by atoms with Gasteiger partial charge in [-0.2, -0.15) is 10.5 Å². The normalized spacial score (nSPS) is 11.3. The van der Waals surface area contributed by atoms with Crippen LogP contribution in [0.4, 0.5) is 0 Å². The third kappa shape index (κ3) is 12.7. The second-order valence-electron chi connectivity index (χ2n) is 5.12. The smallest absolute Gasteiger partial charge is 0.186 e. The number of guanidine groups is 1. The first-order valence-corrected chi connectivity index (χ1v) is 7.58. The fourth-order valence-corrected chi connectivity index (χ4v) is 2.15. The number of hydrogen-bond donors (Lipinski definition) is 3. The van der Waals surface area contributed by atoms with Gasteiger partial charge in [0.25, 0.3) is 0 Å². The van der Waals surface area contributed by atoms with Crippen LogP contribution in [0.3, 0.4) is 0 Å². The number of unbranched alkanes of at least 4 members (excludes halogenated alkanes) is 9. The highest BCUT2D eigenvalue weighted by molar-refractivity contribution is 5.74. The summed E-state index contributed by atoms with van der Waals surface area (Å²) < 4.78 is 0. The van der Waals surface area contributed by atoms with Gasteiger partial charge in [0, 0.05) is 6.42 Å². The Morgan fingerprint density at radius 3 is 1.90 bits per heavy atom. The molecule has 0 spiro atoms. The fourth-order valence-electron chi connectivity index (χ4n) is 2.15. The predicted octanol–water partition coefficient (Wildman–Crippen LogP) is 3.18. The molecule has 0 bridgehead atoms. The Hall–Kier alpha value is -1.75. The molecule has 0 saturated heterocycles. The Morgan fingerprint density at radius 1 is 0.950 bits per heavy atom. The lowest BCUT2D eigenvalue weighted by Gasteiger charge is -2.10.